The highest BCUT2D eigenvalue weighted by Gasteiger charge is 2.32. The van der Waals surface area contributed by atoms with Crippen molar-refractivity contribution < 1.29 is 18.0 Å². The normalized spacial score (nSPS) is 25.1. The summed E-state index contributed by atoms with van der Waals surface area (Å²) in [5, 5.41) is 5.09. The lowest BCUT2D eigenvalue weighted by Crippen LogP contribution is -2.53. The van der Waals surface area contributed by atoms with Gasteiger partial charge in [-0.25, -0.2) is 4.79 Å². The first-order chi connectivity index (χ1) is 8.37. The molecule has 0 aromatic rings. The molecule has 0 saturated carbocycles. The van der Waals surface area contributed by atoms with Crippen LogP contribution in [0.15, 0.2) is 0 Å². The van der Waals surface area contributed by atoms with Gasteiger partial charge in [0.25, 0.3) is 0 Å². The van der Waals surface area contributed by atoms with E-state index in [4.69, 9.17) is 0 Å². The minimum absolute atomic E-state index is 0.292. The quantitative estimate of drug-likeness (QED) is 0.815. The number of carbonyl (C=O) groups is 1. The van der Waals surface area contributed by atoms with Gasteiger partial charge >= 0.3 is 12.2 Å². The number of nitrogens with one attached hydrogen (secondary N) is 2. The molecule has 7 heteroatoms. The molecule has 0 bridgehead atoms. The average Bonchev–Trinajstić information content (AvgIpc) is 2.34. The molecule has 0 aromatic heterocycles. The Hall–Kier alpha value is -0.980. The third-order valence-corrected chi connectivity index (χ3v) is 3.36. The van der Waals surface area contributed by atoms with Crippen molar-refractivity contribution >= 4 is 6.03 Å². The second-order valence-electron chi connectivity index (χ2n) is 4.57. The zero-order valence-electron chi connectivity index (χ0n) is 10.7. The van der Waals surface area contributed by atoms with Crippen molar-refractivity contribution in [1.29, 1.82) is 0 Å². The fraction of sp³-hybridized carbons (Fsp3) is 0.909. The van der Waals surface area contributed by atoms with Gasteiger partial charge in [-0.2, -0.15) is 13.2 Å². The second kappa shape index (κ2) is 6.26. The summed E-state index contributed by atoms with van der Waals surface area (Å²) in [6.07, 6.45) is -2.69. The molecule has 0 aliphatic carbocycles. The van der Waals surface area contributed by atoms with E-state index in [1.807, 2.05) is 19.3 Å². The molecule has 106 valence electrons. The van der Waals surface area contributed by atoms with Crippen LogP contribution in [0.4, 0.5) is 18.0 Å². The molecule has 1 rings (SSSR count). The molecular formula is C11H20F3N3O. The molecular weight excluding hydrogens is 247 g/mol. The van der Waals surface area contributed by atoms with Crippen LogP contribution in [-0.2, 0) is 0 Å². The summed E-state index contributed by atoms with van der Waals surface area (Å²) < 4.78 is 36.0. The number of alkyl halides is 3. The lowest BCUT2D eigenvalue weighted by Gasteiger charge is -2.38. The van der Waals surface area contributed by atoms with Gasteiger partial charge in [-0.1, -0.05) is 13.3 Å². The molecule has 1 saturated heterocycles. The van der Waals surface area contributed by atoms with Gasteiger partial charge in [0.15, 0.2) is 0 Å². The van der Waals surface area contributed by atoms with Gasteiger partial charge in [0.2, 0.25) is 0 Å². The smallest absolute Gasteiger partial charge is 0.329 e. The number of nitrogens with zero attached hydrogens (tertiary/aromatic N) is 1. The van der Waals surface area contributed by atoms with E-state index in [9.17, 15) is 18.0 Å². The van der Waals surface area contributed by atoms with Gasteiger partial charge in [-0.05, 0) is 19.4 Å². The van der Waals surface area contributed by atoms with Gasteiger partial charge in [0.1, 0.15) is 6.54 Å². The molecule has 2 amide bonds. The minimum atomic E-state index is -4.36. The van der Waals surface area contributed by atoms with E-state index in [0.29, 0.717) is 25.0 Å². The molecule has 1 heterocycles. The number of hydrogen-bond donors (Lipinski definition) is 2. The number of halogens is 3. The summed E-state index contributed by atoms with van der Waals surface area (Å²) in [5.74, 6) is 0.292. The first-order valence-electron chi connectivity index (χ1n) is 6.14. The van der Waals surface area contributed by atoms with Gasteiger partial charge in [-0.3, -0.25) is 0 Å². The van der Waals surface area contributed by atoms with Crippen molar-refractivity contribution in [3.05, 3.63) is 0 Å². The largest absolute Gasteiger partial charge is 0.405 e. The van der Waals surface area contributed by atoms with E-state index in [0.717, 1.165) is 12.8 Å². The molecule has 2 unspecified atom stereocenters. The van der Waals surface area contributed by atoms with Crippen molar-refractivity contribution in [2.45, 2.75) is 32.0 Å². The third-order valence-electron chi connectivity index (χ3n) is 3.36. The standard InChI is InChI=1S/C11H20F3N3O/c1-3-8-6-17(5-4-9(8)15-2)10(18)16-7-11(12,13)14/h8-9,15H,3-7H2,1-2H3,(H,16,18). The number of piperidine rings is 1. The molecule has 0 radical (unpaired) electrons. The molecule has 1 aliphatic rings. The molecule has 2 atom stereocenters. The lowest BCUT2D eigenvalue weighted by atomic mass is 9.90. The van der Waals surface area contributed by atoms with Crippen molar-refractivity contribution in [1.82, 2.24) is 15.5 Å². The van der Waals surface area contributed by atoms with Gasteiger partial charge in [0, 0.05) is 19.1 Å². The van der Waals surface area contributed by atoms with Gasteiger partial charge in [-0.15, -0.1) is 0 Å². The summed E-state index contributed by atoms with van der Waals surface area (Å²) in [6.45, 7) is 1.75. The summed E-state index contributed by atoms with van der Waals surface area (Å²) >= 11 is 0. The van der Waals surface area contributed by atoms with Crippen LogP contribution >= 0.6 is 0 Å². The predicted octanol–water partition coefficient (Wildman–Crippen LogP) is 1.58. The predicted molar refractivity (Wildman–Crippen MR) is 62.3 cm³/mol. The van der Waals surface area contributed by atoms with Crippen LogP contribution in [0.1, 0.15) is 19.8 Å². The molecule has 1 fully saturated rings. The van der Waals surface area contributed by atoms with Crippen LogP contribution in [0, 0.1) is 5.92 Å². The van der Waals surface area contributed by atoms with E-state index in [1.165, 1.54) is 4.90 Å². The summed E-state index contributed by atoms with van der Waals surface area (Å²) in [6, 6.07) is -0.290. The van der Waals surface area contributed by atoms with Crippen LogP contribution in [0.2, 0.25) is 0 Å². The highest BCUT2D eigenvalue weighted by atomic mass is 19.4. The van der Waals surface area contributed by atoms with Crippen LogP contribution in [0.3, 0.4) is 0 Å². The molecule has 2 N–H and O–H groups in total. The van der Waals surface area contributed by atoms with Crippen LogP contribution < -0.4 is 10.6 Å². The van der Waals surface area contributed by atoms with Crippen LogP contribution in [0.5, 0.6) is 0 Å². The topological polar surface area (TPSA) is 44.4 Å². The van der Waals surface area contributed by atoms with E-state index in [-0.39, 0.29) is 0 Å². The van der Waals surface area contributed by atoms with E-state index >= 15 is 0 Å². The van der Waals surface area contributed by atoms with E-state index in [2.05, 4.69) is 5.32 Å². The number of amides is 2. The Morgan fingerprint density at radius 3 is 2.61 bits per heavy atom. The zero-order chi connectivity index (χ0) is 13.8. The van der Waals surface area contributed by atoms with E-state index < -0.39 is 18.8 Å². The highest BCUT2D eigenvalue weighted by molar-refractivity contribution is 5.74. The maximum atomic E-state index is 12.0. The molecule has 18 heavy (non-hydrogen) atoms. The fourth-order valence-corrected chi connectivity index (χ4v) is 2.30. The Labute approximate surface area is 105 Å². The highest BCUT2D eigenvalue weighted by Crippen LogP contribution is 2.20. The zero-order valence-corrected chi connectivity index (χ0v) is 10.7. The molecule has 0 aromatic carbocycles. The summed E-state index contributed by atoms with van der Waals surface area (Å²) in [7, 11) is 1.87. The minimum Gasteiger partial charge on any atom is -0.329 e. The first kappa shape index (κ1) is 15.1. The number of urea groups is 1. The monoisotopic (exact) mass is 267 g/mol. The Bertz CT molecular complexity index is 283. The van der Waals surface area contributed by atoms with Crippen molar-refractivity contribution in [2.75, 3.05) is 26.7 Å². The van der Waals surface area contributed by atoms with Gasteiger partial charge < -0.3 is 15.5 Å². The Morgan fingerprint density at radius 1 is 1.44 bits per heavy atom. The number of likely N-dealkylation sites (tertiary alicyclic amines) is 1. The van der Waals surface area contributed by atoms with Crippen molar-refractivity contribution in [3.8, 4) is 0 Å². The first-order valence-corrected chi connectivity index (χ1v) is 6.14. The lowest BCUT2D eigenvalue weighted by molar-refractivity contribution is -0.123. The van der Waals surface area contributed by atoms with E-state index in [1.54, 1.807) is 0 Å². The average molecular weight is 267 g/mol. The summed E-state index contributed by atoms with van der Waals surface area (Å²) in [5.41, 5.74) is 0. The van der Waals surface area contributed by atoms with Gasteiger partial charge in [0.05, 0.1) is 0 Å². The maximum absolute atomic E-state index is 12.0. The third kappa shape index (κ3) is 4.36. The van der Waals surface area contributed by atoms with Crippen LogP contribution in [-0.4, -0.2) is 49.8 Å². The molecule has 0 spiro atoms. The van der Waals surface area contributed by atoms with Crippen LogP contribution in [0.25, 0.3) is 0 Å². The Morgan fingerprint density at radius 2 is 2.11 bits per heavy atom. The molecule has 1 aliphatic heterocycles. The Kier molecular flexibility index (Phi) is 5.25. The molecule has 4 nitrogen and oxygen atoms in total. The van der Waals surface area contributed by atoms with Crippen molar-refractivity contribution in [3.63, 3.8) is 0 Å². The summed E-state index contributed by atoms with van der Waals surface area (Å²) in [4.78, 5) is 13.1. The SMILES string of the molecule is CCC1CN(C(=O)NCC(F)(F)F)CCC1NC. The number of hydrogen-bond acceptors (Lipinski definition) is 2. The number of carbonyl (C=O) groups excluding carboxylic acids is 1. The fourth-order valence-electron chi connectivity index (χ4n) is 2.30. The maximum Gasteiger partial charge on any atom is 0.405 e. The number of rotatable bonds is 3. The second-order valence-corrected chi connectivity index (χ2v) is 4.57. The Balaban J connectivity index is 2.45. The van der Waals surface area contributed by atoms with Crippen molar-refractivity contribution in [2.24, 2.45) is 5.92 Å².